The fourth-order valence-corrected chi connectivity index (χ4v) is 7.06. The molecule has 3 aliphatic rings. The SMILES string of the molecule is O=C1CC2(CCCC2)C(=O)N1CN1CCN(S(=O)(=O)c2cccc3nsnc23)CC1. The highest BCUT2D eigenvalue weighted by molar-refractivity contribution is 7.89. The fraction of sp³-hybridized carbons (Fsp3) is 0.579. The first-order valence-electron chi connectivity index (χ1n) is 10.2. The molecule has 0 bridgehead atoms. The van der Waals surface area contributed by atoms with Crippen LogP contribution in [-0.4, -0.2) is 75.9 Å². The third-order valence-electron chi connectivity index (χ3n) is 6.59. The lowest BCUT2D eigenvalue weighted by atomic mass is 9.85. The zero-order valence-electron chi connectivity index (χ0n) is 16.5. The molecule has 2 amide bonds. The average molecular weight is 450 g/mol. The third-order valence-corrected chi connectivity index (χ3v) is 9.06. The predicted molar refractivity (Wildman–Crippen MR) is 110 cm³/mol. The average Bonchev–Trinajstić information content (AvgIpc) is 3.45. The number of fused-ring (bicyclic) bond motifs is 1. The molecular weight excluding hydrogens is 426 g/mol. The Kier molecular flexibility index (Phi) is 4.88. The van der Waals surface area contributed by atoms with Crippen LogP contribution in [0.2, 0.25) is 0 Å². The van der Waals surface area contributed by atoms with E-state index in [9.17, 15) is 18.0 Å². The minimum Gasteiger partial charge on any atom is -0.283 e. The lowest BCUT2D eigenvalue weighted by Crippen LogP contribution is -2.52. The summed E-state index contributed by atoms with van der Waals surface area (Å²) in [6.45, 7) is 1.79. The largest absolute Gasteiger partial charge is 0.283 e. The monoisotopic (exact) mass is 449 g/mol. The van der Waals surface area contributed by atoms with Crippen molar-refractivity contribution < 1.29 is 18.0 Å². The molecule has 1 aromatic carbocycles. The van der Waals surface area contributed by atoms with Gasteiger partial charge in [-0.2, -0.15) is 13.1 Å². The number of hydrogen-bond donors (Lipinski definition) is 0. The third kappa shape index (κ3) is 3.15. The van der Waals surface area contributed by atoms with Crippen LogP contribution in [0.5, 0.6) is 0 Å². The number of nitrogens with zero attached hydrogens (tertiary/aromatic N) is 5. The van der Waals surface area contributed by atoms with E-state index in [1.807, 2.05) is 4.90 Å². The molecule has 0 atom stereocenters. The number of imide groups is 1. The lowest BCUT2D eigenvalue weighted by Gasteiger charge is -2.35. The molecule has 3 fully saturated rings. The van der Waals surface area contributed by atoms with Gasteiger partial charge in [-0.05, 0) is 25.0 Å². The smallest absolute Gasteiger partial charge is 0.245 e. The molecule has 1 aliphatic carbocycles. The van der Waals surface area contributed by atoms with Gasteiger partial charge in [-0.1, -0.05) is 18.9 Å². The van der Waals surface area contributed by atoms with E-state index in [1.165, 1.54) is 9.21 Å². The molecular formula is C19H23N5O4S2. The van der Waals surface area contributed by atoms with E-state index in [0.29, 0.717) is 43.6 Å². The maximum atomic E-state index is 13.1. The second-order valence-electron chi connectivity index (χ2n) is 8.34. The van der Waals surface area contributed by atoms with Crippen molar-refractivity contribution in [1.82, 2.24) is 22.9 Å². The first-order valence-corrected chi connectivity index (χ1v) is 12.4. The molecule has 0 N–H and O–H groups in total. The van der Waals surface area contributed by atoms with Gasteiger partial charge in [0.15, 0.2) is 0 Å². The van der Waals surface area contributed by atoms with Crippen LogP contribution >= 0.6 is 11.7 Å². The molecule has 2 aliphatic heterocycles. The Morgan fingerprint density at radius 2 is 1.77 bits per heavy atom. The molecule has 30 heavy (non-hydrogen) atoms. The summed E-state index contributed by atoms with van der Waals surface area (Å²) in [5.74, 6) is -0.137. The summed E-state index contributed by atoms with van der Waals surface area (Å²) in [7, 11) is -3.69. The van der Waals surface area contributed by atoms with Gasteiger partial charge in [0, 0.05) is 32.6 Å². The maximum Gasteiger partial charge on any atom is 0.245 e. The molecule has 2 saturated heterocycles. The number of carbonyl (C=O) groups is 2. The Hall–Kier alpha value is -1.95. The molecule has 0 unspecified atom stereocenters. The van der Waals surface area contributed by atoms with Crippen LogP contribution in [0.4, 0.5) is 0 Å². The topological polar surface area (TPSA) is 104 Å². The Labute approximate surface area is 179 Å². The van der Waals surface area contributed by atoms with Crippen molar-refractivity contribution in [2.45, 2.75) is 37.0 Å². The van der Waals surface area contributed by atoms with Crippen LogP contribution in [0.3, 0.4) is 0 Å². The minimum atomic E-state index is -3.69. The highest BCUT2D eigenvalue weighted by Crippen LogP contribution is 2.46. The van der Waals surface area contributed by atoms with Crippen molar-refractivity contribution in [3.05, 3.63) is 18.2 Å². The van der Waals surface area contributed by atoms with Gasteiger partial charge in [0.25, 0.3) is 0 Å². The van der Waals surface area contributed by atoms with Crippen LogP contribution in [0, 0.1) is 5.41 Å². The fourth-order valence-electron chi connectivity index (χ4n) is 4.89. The number of hydrogen-bond acceptors (Lipinski definition) is 8. The second kappa shape index (κ2) is 7.33. The summed E-state index contributed by atoms with van der Waals surface area (Å²) in [5, 5.41) is 0. The molecule has 9 nitrogen and oxygen atoms in total. The van der Waals surface area contributed by atoms with E-state index >= 15 is 0 Å². The van der Waals surface area contributed by atoms with Crippen molar-refractivity contribution in [3.8, 4) is 0 Å². The van der Waals surface area contributed by atoms with Gasteiger partial charge < -0.3 is 0 Å². The number of aromatic nitrogens is 2. The number of carbonyl (C=O) groups excluding carboxylic acids is 2. The second-order valence-corrected chi connectivity index (χ2v) is 10.8. The van der Waals surface area contributed by atoms with Crippen LogP contribution in [0.1, 0.15) is 32.1 Å². The molecule has 3 heterocycles. The van der Waals surface area contributed by atoms with Crippen LogP contribution in [-0.2, 0) is 19.6 Å². The minimum absolute atomic E-state index is 0.0391. The number of benzene rings is 1. The Bertz CT molecular complexity index is 1100. The summed E-state index contributed by atoms with van der Waals surface area (Å²) in [6.07, 6.45) is 3.94. The van der Waals surface area contributed by atoms with E-state index < -0.39 is 15.4 Å². The summed E-state index contributed by atoms with van der Waals surface area (Å²) in [4.78, 5) is 28.9. The number of rotatable bonds is 4. The zero-order valence-corrected chi connectivity index (χ0v) is 18.1. The molecule has 1 spiro atoms. The van der Waals surface area contributed by atoms with Crippen molar-refractivity contribution in [2.24, 2.45) is 5.41 Å². The van der Waals surface area contributed by atoms with E-state index in [2.05, 4.69) is 8.75 Å². The Balaban J connectivity index is 1.26. The molecule has 2 aromatic rings. The van der Waals surface area contributed by atoms with Crippen molar-refractivity contribution in [3.63, 3.8) is 0 Å². The Morgan fingerprint density at radius 1 is 1.03 bits per heavy atom. The quantitative estimate of drug-likeness (QED) is 0.648. The van der Waals surface area contributed by atoms with Gasteiger partial charge in [-0.25, -0.2) is 8.42 Å². The molecule has 1 aromatic heterocycles. The summed E-state index contributed by atoms with van der Waals surface area (Å²) in [6, 6.07) is 4.99. The van der Waals surface area contributed by atoms with Gasteiger partial charge >= 0.3 is 0 Å². The van der Waals surface area contributed by atoms with Crippen molar-refractivity contribution in [2.75, 3.05) is 32.8 Å². The van der Waals surface area contributed by atoms with Gasteiger partial charge in [-0.3, -0.25) is 19.4 Å². The van der Waals surface area contributed by atoms with Crippen molar-refractivity contribution in [1.29, 1.82) is 0 Å². The normalized spacial score (nSPS) is 23.3. The first-order chi connectivity index (χ1) is 14.4. The highest BCUT2D eigenvalue weighted by Gasteiger charge is 2.52. The highest BCUT2D eigenvalue weighted by atomic mass is 32.2. The first kappa shape index (κ1) is 20.0. The molecule has 0 radical (unpaired) electrons. The summed E-state index contributed by atoms with van der Waals surface area (Å²) < 4.78 is 36.0. The Morgan fingerprint density at radius 3 is 2.50 bits per heavy atom. The number of amides is 2. The van der Waals surface area contributed by atoms with E-state index in [4.69, 9.17) is 0 Å². The van der Waals surface area contributed by atoms with Crippen LogP contribution in [0.15, 0.2) is 23.1 Å². The predicted octanol–water partition coefficient (Wildman–Crippen LogP) is 1.27. The standard InChI is InChI=1S/C19H23N5O4S2/c25-16-12-19(6-1-2-7-19)18(26)24(16)13-22-8-10-23(11-9-22)30(27,28)15-5-3-4-14-17(15)21-29-20-14/h3-5H,1-2,6-13H2. The lowest BCUT2D eigenvalue weighted by molar-refractivity contribution is -0.144. The van der Waals surface area contributed by atoms with Crippen molar-refractivity contribution >= 4 is 44.6 Å². The van der Waals surface area contributed by atoms with Gasteiger partial charge in [0.05, 0.1) is 23.8 Å². The van der Waals surface area contributed by atoms with Crippen LogP contribution < -0.4 is 0 Å². The maximum absolute atomic E-state index is 13.1. The van der Waals surface area contributed by atoms with E-state index in [1.54, 1.807) is 18.2 Å². The molecule has 1 saturated carbocycles. The summed E-state index contributed by atoms with van der Waals surface area (Å²) >= 11 is 0.996. The molecule has 5 rings (SSSR count). The number of sulfonamides is 1. The van der Waals surface area contributed by atoms with E-state index in [0.717, 1.165) is 37.4 Å². The van der Waals surface area contributed by atoms with Crippen LogP contribution in [0.25, 0.3) is 11.0 Å². The molecule has 11 heteroatoms. The van der Waals surface area contributed by atoms with Gasteiger partial charge in [0.2, 0.25) is 21.8 Å². The van der Waals surface area contributed by atoms with Gasteiger partial charge in [-0.15, -0.1) is 0 Å². The number of likely N-dealkylation sites (tertiary alicyclic amines) is 1. The molecule has 160 valence electrons. The zero-order chi connectivity index (χ0) is 20.9. The number of piperazine rings is 1. The van der Waals surface area contributed by atoms with E-state index in [-0.39, 0.29) is 23.4 Å². The van der Waals surface area contributed by atoms with Gasteiger partial charge in [0.1, 0.15) is 15.9 Å². The summed E-state index contributed by atoms with van der Waals surface area (Å²) in [5.41, 5.74) is 0.509.